The Morgan fingerprint density at radius 3 is 2.43 bits per heavy atom. The minimum atomic E-state index is -1.02. The average Bonchev–Trinajstić information content (AvgIpc) is 2.61. The quantitative estimate of drug-likeness (QED) is 0.351. The summed E-state index contributed by atoms with van der Waals surface area (Å²) in [7, 11) is 0. The molecule has 2 aromatic carbocycles. The fourth-order valence-corrected chi connectivity index (χ4v) is 2.97. The van der Waals surface area contributed by atoms with Gasteiger partial charge in [-0.05, 0) is 35.6 Å². The number of nitrogens with zero attached hydrogens (tertiary/aromatic N) is 2. The molecule has 1 aliphatic heterocycles. The first-order valence-corrected chi connectivity index (χ1v) is 8.26. The number of imide groups is 2. The van der Waals surface area contributed by atoms with Crippen molar-refractivity contribution in [1.29, 1.82) is 0 Å². The number of hydrogen-bond acceptors (Lipinski definition) is 6. The standard InChI is InChI=1S/C17H9Cl2N3O6/c18-9-2-3-12(11(19)7-9)21-16(25)10(15(24)20-17(21)26)5-8-1-4-14(23)13(6-8)22(27)28/h1-7,23H,(H,20,24,26)/p-1/b10-5+. The molecular formula is C17H8Cl2N3O6-. The summed E-state index contributed by atoms with van der Waals surface area (Å²) in [6, 6.07) is 6.10. The van der Waals surface area contributed by atoms with Crippen LogP contribution in [0.5, 0.6) is 5.75 Å². The number of anilines is 1. The summed E-state index contributed by atoms with van der Waals surface area (Å²) in [5.74, 6) is -2.81. The maximum atomic E-state index is 12.8. The maximum Gasteiger partial charge on any atom is 0.335 e. The van der Waals surface area contributed by atoms with Gasteiger partial charge in [0.25, 0.3) is 17.5 Å². The van der Waals surface area contributed by atoms with E-state index >= 15 is 0 Å². The van der Waals surface area contributed by atoms with E-state index < -0.39 is 39.8 Å². The number of nitro benzene ring substituents is 1. The van der Waals surface area contributed by atoms with Crippen LogP contribution >= 0.6 is 23.2 Å². The van der Waals surface area contributed by atoms with Gasteiger partial charge in [-0.3, -0.25) is 25.0 Å². The van der Waals surface area contributed by atoms with Gasteiger partial charge in [-0.15, -0.1) is 0 Å². The number of barbiturate groups is 1. The minimum absolute atomic E-state index is 0.00366. The van der Waals surface area contributed by atoms with Gasteiger partial charge in [0.2, 0.25) is 0 Å². The summed E-state index contributed by atoms with van der Waals surface area (Å²) in [5.41, 5.74) is -1.14. The molecular weight excluding hydrogens is 413 g/mol. The second-order valence-electron chi connectivity index (χ2n) is 5.54. The topological polar surface area (TPSA) is 133 Å². The highest BCUT2D eigenvalue weighted by molar-refractivity contribution is 6.42. The van der Waals surface area contributed by atoms with Gasteiger partial charge < -0.3 is 5.11 Å². The molecule has 0 radical (unpaired) electrons. The molecule has 0 bridgehead atoms. The zero-order chi connectivity index (χ0) is 20.6. The van der Waals surface area contributed by atoms with Crippen molar-refractivity contribution >= 4 is 58.5 Å². The molecule has 1 N–H and O–H groups in total. The van der Waals surface area contributed by atoms with Crippen LogP contribution in [0.4, 0.5) is 16.2 Å². The number of halogens is 2. The van der Waals surface area contributed by atoms with Crippen LogP contribution in [-0.4, -0.2) is 22.8 Å². The molecule has 0 spiro atoms. The smallest absolute Gasteiger partial charge is 0.335 e. The zero-order valence-corrected chi connectivity index (χ0v) is 15.2. The molecule has 142 valence electrons. The molecule has 11 heteroatoms. The number of benzene rings is 2. The number of carbonyl (C=O) groups is 3. The molecule has 0 aromatic heterocycles. The Labute approximate surface area is 166 Å². The molecule has 0 atom stereocenters. The lowest BCUT2D eigenvalue weighted by Gasteiger charge is -2.27. The van der Waals surface area contributed by atoms with E-state index in [2.05, 4.69) is 0 Å². The van der Waals surface area contributed by atoms with E-state index in [1.54, 1.807) is 0 Å². The number of rotatable bonds is 3. The number of hydrogen-bond donors (Lipinski definition) is 1. The first-order chi connectivity index (χ1) is 13.2. The molecule has 28 heavy (non-hydrogen) atoms. The van der Waals surface area contributed by atoms with Crippen LogP contribution in [0.1, 0.15) is 5.56 Å². The Hall–Kier alpha value is -3.43. The lowest BCUT2D eigenvalue weighted by atomic mass is 10.1. The van der Waals surface area contributed by atoms with Crippen LogP contribution < -0.4 is 15.3 Å². The number of nitrogens with one attached hydrogen (secondary N) is 1. The van der Waals surface area contributed by atoms with Crippen molar-refractivity contribution in [3.63, 3.8) is 0 Å². The Bertz CT molecular complexity index is 1080. The number of carbonyl (C=O) groups excluding carboxylic acids is 3. The van der Waals surface area contributed by atoms with Crippen LogP contribution in [0.3, 0.4) is 0 Å². The molecule has 4 amide bonds. The fourth-order valence-electron chi connectivity index (χ4n) is 2.47. The molecule has 0 saturated carbocycles. The third kappa shape index (κ3) is 3.53. The SMILES string of the molecule is O=C1NC(=O)N(c2ccc(Cl)cc2Cl)C(=O)/C1=C/c1ccc([O-])c([N+](=O)[O-])c1. The summed E-state index contributed by atoms with van der Waals surface area (Å²) in [6.07, 6.45) is 1.04. The summed E-state index contributed by atoms with van der Waals surface area (Å²) in [6.45, 7) is 0. The van der Waals surface area contributed by atoms with Crippen molar-refractivity contribution in [2.45, 2.75) is 0 Å². The predicted molar refractivity (Wildman–Crippen MR) is 98.0 cm³/mol. The van der Waals surface area contributed by atoms with Crippen LogP contribution in [0, 0.1) is 10.1 Å². The predicted octanol–water partition coefficient (Wildman–Crippen LogP) is 2.64. The molecule has 2 aromatic rings. The molecule has 0 unspecified atom stereocenters. The molecule has 1 heterocycles. The number of nitro groups is 1. The second kappa shape index (κ2) is 7.29. The van der Waals surface area contributed by atoms with Gasteiger partial charge in [-0.2, -0.15) is 0 Å². The van der Waals surface area contributed by atoms with E-state index in [4.69, 9.17) is 23.2 Å². The van der Waals surface area contributed by atoms with Gasteiger partial charge in [-0.25, -0.2) is 9.69 Å². The molecule has 0 aliphatic carbocycles. The summed E-state index contributed by atoms with van der Waals surface area (Å²) < 4.78 is 0. The third-order valence-corrected chi connectivity index (χ3v) is 4.28. The van der Waals surface area contributed by atoms with Gasteiger partial charge in [0.05, 0.1) is 15.6 Å². The lowest BCUT2D eigenvalue weighted by molar-refractivity contribution is -0.398. The second-order valence-corrected chi connectivity index (χ2v) is 6.38. The first-order valence-electron chi connectivity index (χ1n) is 7.51. The van der Waals surface area contributed by atoms with Crippen LogP contribution in [0.2, 0.25) is 10.0 Å². The van der Waals surface area contributed by atoms with Crippen molar-refractivity contribution in [2.75, 3.05) is 4.90 Å². The van der Waals surface area contributed by atoms with Crippen LogP contribution in [0.25, 0.3) is 6.08 Å². The van der Waals surface area contributed by atoms with Crippen molar-refractivity contribution in [3.8, 4) is 5.75 Å². The monoisotopic (exact) mass is 420 g/mol. The van der Waals surface area contributed by atoms with Gasteiger partial charge in [0.15, 0.2) is 0 Å². The highest BCUT2D eigenvalue weighted by Gasteiger charge is 2.37. The van der Waals surface area contributed by atoms with E-state index in [1.165, 1.54) is 24.3 Å². The Morgan fingerprint density at radius 1 is 1.07 bits per heavy atom. The van der Waals surface area contributed by atoms with E-state index in [-0.39, 0.29) is 21.3 Å². The van der Waals surface area contributed by atoms with Gasteiger partial charge in [-0.1, -0.05) is 35.3 Å². The Balaban J connectivity index is 2.06. The number of urea groups is 1. The normalized spacial score (nSPS) is 15.7. The largest absolute Gasteiger partial charge is 0.868 e. The summed E-state index contributed by atoms with van der Waals surface area (Å²) in [4.78, 5) is 47.7. The van der Waals surface area contributed by atoms with Crippen molar-refractivity contribution < 1.29 is 24.4 Å². The third-order valence-electron chi connectivity index (χ3n) is 3.74. The van der Waals surface area contributed by atoms with Gasteiger partial charge in [0.1, 0.15) is 5.57 Å². The average molecular weight is 421 g/mol. The van der Waals surface area contributed by atoms with Crippen molar-refractivity contribution in [3.05, 3.63) is 67.7 Å². The Morgan fingerprint density at radius 2 is 1.79 bits per heavy atom. The highest BCUT2D eigenvalue weighted by atomic mass is 35.5. The lowest BCUT2D eigenvalue weighted by Crippen LogP contribution is -2.54. The van der Waals surface area contributed by atoms with Crippen molar-refractivity contribution in [2.24, 2.45) is 0 Å². The molecule has 1 fully saturated rings. The van der Waals surface area contributed by atoms with Gasteiger partial charge in [0, 0.05) is 11.1 Å². The van der Waals surface area contributed by atoms with E-state index in [9.17, 15) is 29.6 Å². The summed E-state index contributed by atoms with van der Waals surface area (Å²) in [5, 5.41) is 24.7. The minimum Gasteiger partial charge on any atom is -0.868 e. The zero-order valence-electron chi connectivity index (χ0n) is 13.6. The van der Waals surface area contributed by atoms with E-state index in [1.807, 2.05) is 5.32 Å². The summed E-state index contributed by atoms with van der Waals surface area (Å²) >= 11 is 11.8. The number of amides is 4. The molecule has 3 rings (SSSR count). The molecule has 1 saturated heterocycles. The van der Waals surface area contributed by atoms with Crippen molar-refractivity contribution in [1.82, 2.24) is 5.32 Å². The van der Waals surface area contributed by atoms with Crippen LogP contribution in [0.15, 0.2) is 42.0 Å². The Kier molecular flexibility index (Phi) is 5.04. The fraction of sp³-hybridized carbons (Fsp3) is 0. The van der Waals surface area contributed by atoms with E-state index in [0.717, 1.165) is 18.2 Å². The van der Waals surface area contributed by atoms with E-state index in [0.29, 0.717) is 4.90 Å². The highest BCUT2D eigenvalue weighted by Crippen LogP contribution is 2.32. The van der Waals surface area contributed by atoms with Crippen LogP contribution in [-0.2, 0) is 9.59 Å². The molecule has 1 aliphatic rings. The van der Waals surface area contributed by atoms with Gasteiger partial charge >= 0.3 is 6.03 Å². The first kappa shape index (κ1) is 19.3. The molecule has 9 nitrogen and oxygen atoms in total. The maximum absolute atomic E-state index is 12.8.